The zero-order valence-corrected chi connectivity index (χ0v) is 10.8. The molecule has 0 aromatic heterocycles. The zero-order valence-electron chi connectivity index (χ0n) is 10.0. The van der Waals surface area contributed by atoms with E-state index in [0.29, 0.717) is 0 Å². The van der Waals surface area contributed by atoms with Crippen LogP contribution < -0.4 is 5.32 Å². The first-order valence-corrected chi connectivity index (χ1v) is 7.67. The zero-order chi connectivity index (χ0) is 10.5. The molecule has 15 heavy (non-hydrogen) atoms. The first-order valence-electron chi connectivity index (χ1n) is 6.73. The summed E-state index contributed by atoms with van der Waals surface area (Å²) >= 11 is 2.31. The van der Waals surface area contributed by atoms with Crippen molar-refractivity contribution in [3.05, 3.63) is 0 Å². The Balaban J connectivity index is 1.79. The van der Waals surface area contributed by atoms with E-state index in [0.717, 1.165) is 16.5 Å². The number of nitrogens with one attached hydrogen (secondary N) is 1. The van der Waals surface area contributed by atoms with Crippen LogP contribution in [0.2, 0.25) is 0 Å². The molecule has 0 aromatic carbocycles. The lowest BCUT2D eigenvalue weighted by Gasteiger charge is -2.34. The van der Waals surface area contributed by atoms with Crippen molar-refractivity contribution in [3.63, 3.8) is 0 Å². The summed E-state index contributed by atoms with van der Waals surface area (Å²) in [4.78, 5) is 0. The van der Waals surface area contributed by atoms with Gasteiger partial charge in [0.1, 0.15) is 0 Å². The van der Waals surface area contributed by atoms with Crippen molar-refractivity contribution in [2.45, 2.75) is 74.3 Å². The van der Waals surface area contributed by atoms with Gasteiger partial charge in [-0.25, -0.2) is 0 Å². The number of hydrogen-bond donors (Lipinski definition) is 1. The molecule has 2 unspecified atom stereocenters. The van der Waals surface area contributed by atoms with Crippen molar-refractivity contribution in [1.29, 1.82) is 0 Å². The van der Waals surface area contributed by atoms with Crippen molar-refractivity contribution in [3.8, 4) is 0 Å². The van der Waals surface area contributed by atoms with Crippen LogP contribution in [0.25, 0.3) is 0 Å². The van der Waals surface area contributed by atoms with Crippen LogP contribution in [0, 0.1) is 0 Å². The fraction of sp³-hybridized carbons (Fsp3) is 1.00. The van der Waals surface area contributed by atoms with Crippen LogP contribution in [-0.2, 0) is 0 Å². The SMILES string of the molecule is CNC1CCCCC1SC1CCCCC1. The maximum Gasteiger partial charge on any atom is 0.0203 e. The van der Waals surface area contributed by atoms with Crippen molar-refractivity contribution >= 4 is 11.8 Å². The second-order valence-corrected chi connectivity index (χ2v) is 6.66. The average molecular weight is 227 g/mol. The Morgan fingerprint density at radius 1 is 0.867 bits per heavy atom. The standard InChI is InChI=1S/C13H25NS/c1-14-12-9-5-6-10-13(12)15-11-7-3-2-4-8-11/h11-14H,2-10H2,1H3. The Hall–Kier alpha value is 0.310. The van der Waals surface area contributed by atoms with Gasteiger partial charge in [-0.2, -0.15) is 11.8 Å². The molecule has 2 heteroatoms. The highest BCUT2D eigenvalue weighted by Crippen LogP contribution is 2.36. The third kappa shape index (κ3) is 3.39. The Labute approximate surface area is 98.8 Å². The molecule has 0 bridgehead atoms. The monoisotopic (exact) mass is 227 g/mol. The van der Waals surface area contributed by atoms with E-state index in [2.05, 4.69) is 24.1 Å². The number of hydrogen-bond acceptors (Lipinski definition) is 2. The van der Waals surface area contributed by atoms with E-state index in [4.69, 9.17) is 0 Å². The highest BCUT2D eigenvalue weighted by atomic mass is 32.2. The van der Waals surface area contributed by atoms with Gasteiger partial charge >= 0.3 is 0 Å². The van der Waals surface area contributed by atoms with E-state index in [1.165, 1.54) is 57.8 Å². The molecule has 2 aliphatic carbocycles. The molecule has 0 radical (unpaired) electrons. The third-order valence-electron chi connectivity index (χ3n) is 3.99. The van der Waals surface area contributed by atoms with Crippen LogP contribution in [-0.4, -0.2) is 23.6 Å². The Morgan fingerprint density at radius 3 is 2.27 bits per heavy atom. The first kappa shape index (κ1) is 11.8. The summed E-state index contributed by atoms with van der Waals surface area (Å²) in [7, 11) is 2.14. The lowest BCUT2D eigenvalue weighted by atomic mass is 9.95. The molecule has 0 spiro atoms. The van der Waals surface area contributed by atoms with Crippen LogP contribution >= 0.6 is 11.8 Å². The Kier molecular flexibility index (Phi) is 4.83. The predicted octanol–water partition coefficient (Wildman–Crippen LogP) is 3.58. The van der Waals surface area contributed by atoms with Gasteiger partial charge in [-0.3, -0.25) is 0 Å². The summed E-state index contributed by atoms with van der Waals surface area (Å²) in [6.45, 7) is 0. The second kappa shape index (κ2) is 6.15. The molecule has 2 atom stereocenters. The number of thioether (sulfide) groups is 1. The van der Waals surface area contributed by atoms with Gasteiger partial charge in [0.25, 0.3) is 0 Å². The summed E-state index contributed by atoms with van der Waals surface area (Å²) in [6, 6.07) is 0.797. The molecular formula is C13H25NS. The molecule has 1 N–H and O–H groups in total. The lowest BCUT2D eigenvalue weighted by Crippen LogP contribution is -2.39. The van der Waals surface area contributed by atoms with Gasteiger partial charge in [0.2, 0.25) is 0 Å². The van der Waals surface area contributed by atoms with Crippen molar-refractivity contribution in [2.75, 3.05) is 7.05 Å². The molecule has 2 saturated carbocycles. The predicted molar refractivity (Wildman–Crippen MR) is 69.6 cm³/mol. The molecule has 2 fully saturated rings. The highest BCUT2D eigenvalue weighted by Gasteiger charge is 2.27. The molecule has 0 aliphatic heterocycles. The number of rotatable bonds is 3. The summed E-state index contributed by atoms with van der Waals surface area (Å²) in [5.41, 5.74) is 0. The van der Waals surface area contributed by atoms with E-state index >= 15 is 0 Å². The molecule has 2 rings (SSSR count). The Bertz CT molecular complexity index is 177. The van der Waals surface area contributed by atoms with E-state index in [1.54, 1.807) is 0 Å². The summed E-state index contributed by atoms with van der Waals surface area (Å²) in [5.74, 6) is 0. The van der Waals surface area contributed by atoms with Crippen LogP contribution in [0.15, 0.2) is 0 Å². The minimum atomic E-state index is 0.797. The molecule has 0 amide bonds. The fourth-order valence-corrected chi connectivity index (χ4v) is 4.90. The quantitative estimate of drug-likeness (QED) is 0.791. The van der Waals surface area contributed by atoms with Crippen molar-refractivity contribution in [1.82, 2.24) is 5.32 Å². The largest absolute Gasteiger partial charge is 0.316 e. The van der Waals surface area contributed by atoms with Gasteiger partial charge in [0.15, 0.2) is 0 Å². The van der Waals surface area contributed by atoms with Gasteiger partial charge in [-0.05, 0) is 32.7 Å². The van der Waals surface area contributed by atoms with Gasteiger partial charge in [-0.1, -0.05) is 32.1 Å². The van der Waals surface area contributed by atoms with E-state index in [9.17, 15) is 0 Å². The van der Waals surface area contributed by atoms with E-state index < -0.39 is 0 Å². The average Bonchev–Trinajstić information content (AvgIpc) is 2.31. The minimum absolute atomic E-state index is 0.797. The van der Waals surface area contributed by atoms with Crippen LogP contribution in [0.5, 0.6) is 0 Å². The minimum Gasteiger partial charge on any atom is -0.316 e. The van der Waals surface area contributed by atoms with Crippen molar-refractivity contribution in [2.24, 2.45) is 0 Å². The second-order valence-electron chi connectivity index (χ2n) is 5.11. The van der Waals surface area contributed by atoms with Crippen LogP contribution in [0.3, 0.4) is 0 Å². The summed E-state index contributed by atoms with van der Waals surface area (Å²) in [6.07, 6.45) is 13.2. The third-order valence-corrected chi connectivity index (χ3v) is 5.76. The van der Waals surface area contributed by atoms with E-state index in [1.807, 2.05) is 0 Å². The summed E-state index contributed by atoms with van der Waals surface area (Å²) in [5, 5.41) is 5.42. The first-order chi connectivity index (χ1) is 7.40. The molecule has 1 nitrogen and oxygen atoms in total. The van der Waals surface area contributed by atoms with E-state index in [-0.39, 0.29) is 0 Å². The molecule has 2 aliphatic rings. The topological polar surface area (TPSA) is 12.0 Å². The molecule has 88 valence electrons. The highest BCUT2D eigenvalue weighted by molar-refractivity contribution is 8.00. The maximum atomic E-state index is 3.52. The van der Waals surface area contributed by atoms with Gasteiger partial charge in [0, 0.05) is 16.5 Å². The van der Waals surface area contributed by atoms with Gasteiger partial charge in [-0.15, -0.1) is 0 Å². The molecular weight excluding hydrogens is 202 g/mol. The van der Waals surface area contributed by atoms with Crippen LogP contribution in [0.4, 0.5) is 0 Å². The van der Waals surface area contributed by atoms with Crippen LogP contribution in [0.1, 0.15) is 57.8 Å². The molecule has 0 heterocycles. The van der Waals surface area contributed by atoms with Gasteiger partial charge < -0.3 is 5.32 Å². The molecule has 0 saturated heterocycles. The van der Waals surface area contributed by atoms with Crippen molar-refractivity contribution < 1.29 is 0 Å². The Morgan fingerprint density at radius 2 is 1.53 bits per heavy atom. The summed E-state index contributed by atoms with van der Waals surface area (Å²) < 4.78 is 0. The maximum absolute atomic E-state index is 3.52. The normalized spacial score (nSPS) is 34.2. The molecule has 0 aromatic rings. The van der Waals surface area contributed by atoms with Gasteiger partial charge in [0.05, 0.1) is 0 Å². The lowest BCUT2D eigenvalue weighted by molar-refractivity contribution is 0.402. The smallest absolute Gasteiger partial charge is 0.0203 e. The fourth-order valence-electron chi connectivity index (χ4n) is 3.04.